The molecule has 29 heavy (non-hydrogen) atoms. The Morgan fingerprint density at radius 1 is 0.414 bits per heavy atom. The lowest BCUT2D eigenvalue weighted by Crippen LogP contribution is -2.15. The summed E-state index contributed by atoms with van der Waals surface area (Å²) in [7, 11) is 0. The van der Waals surface area contributed by atoms with Gasteiger partial charge in [0.2, 0.25) is 0 Å². The van der Waals surface area contributed by atoms with Crippen LogP contribution in [0.15, 0.2) is 103 Å². The predicted molar refractivity (Wildman–Crippen MR) is 114 cm³/mol. The van der Waals surface area contributed by atoms with Crippen molar-refractivity contribution >= 4 is 0 Å². The first kappa shape index (κ1) is 18.6. The van der Waals surface area contributed by atoms with Gasteiger partial charge in [-0.3, -0.25) is 0 Å². The molecule has 0 aliphatic heterocycles. The van der Waals surface area contributed by atoms with E-state index in [0.29, 0.717) is 0 Å². The molecule has 0 spiro atoms. The second kappa shape index (κ2) is 8.11. The Balaban J connectivity index is 1.99. The smallest absolute Gasteiger partial charge is 0.119 e. The van der Waals surface area contributed by atoms with Crippen LogP contribution in [0.1, 0.15) is 34.1 Å². The average molecular weight is 382 g/mol. The van der Waals surface area contributed by atoms with Crippen molar-refractivity contribution < 1.29 is 15.3 Å². The van der Waals surface area contributed by atoms with Crippen LogP contribution in [0.3, 0.4) is 0 Å². The second-order valence-electron chi connectivity index (χ2n) is 7.08. The molecule has 0 saturated carbocycles. The van der Waals surface area contributed by atoms with Crippen LogP contribution >= 0.6 is 0 Å². The zero-order valence-corrected chi connectivity index (χ0v) is 15.8. The van der Waals surface area contributed by atoms with Gasteiger partial charge in [0, 0.05) is 23.0 Å². The van der Waals surface area contributed by atoms with Gasteiger partial charge in [0.1, 0.15) is 17.2 Å². The van der Waals surface area contributed by atoms with Gasteiger partial charge < -0.3 is 15.3 Å². The van der Waals surface area contributed by atoms with Crippen LogP contribution in [0, 0.1) is 0 Å². The van der Waals surface area contributed by atoms with Gasteiger partial charge >= 0.3 is 0 Å². The number of benzene rings is 4. The molecule has 0 aliphatic carbocycles. The molecule has 0 fully saturated rings. The molecule has 2 atom stereocenters. The summed E-state index contributed by atoms with van der Waals surface area (Å²) in [6.45, 7) is 0. The number of hydrogen-bond donors (Lipinski definition) is 3. The van der Waals surface area contributed by atoms with Crippen molar-refractivity contribution in [2.75, 3.05) is 0 Å². The molecule has 4 rings (SSSR count). The molecule has 3 heteroatoms. The molecule has 144 valence electrons. The van der Waals surface area contributed by atoms with Crippen LogP contribution in [-0.4, -0.2) is 15.3 Å². The Kier molecular flexibility index (Phi) is 5.21. The van der Waals surface area contributed by atoms with E-state index in [2.05, 4.69) is 0 Å². The Labute approximate surface area is 170 Å². The molecule has 0 amide bonds. The second-order valence-corrected chi connectivity index (χ2v) is 7.08. The fraction of sp³-hybridized carbons (Fsp3) is 0.0769. The van der Waals surface area contributed by atoms with E-state index in [4.69, 9.17) is 0 Å². The maximum absolute atomic E-state index is 10.7. The molecule has 0 aromatic heterocycles. The molecule has 2 unspecified atom stereocenters. The fourth-order valence-corrected chi connectivity index (χ4v) is 3.95. The summed E-state index contributed by atoms with van der Waals surface area (Å²) in [4.78, 5) is 0. The molecular weight excluding hydrogens is 360 g/mol. The number of phenols is 3. The van der Waals surface area contributed by atoms with Gasteiger partial charge in [0.15, 0.2) is 0 Å². The lowest BCUT2D eigenvalue weighted by molar-refractivity contribution is 0.451. The van der Waals surface area contributed by atoms with Gasteiger partial charge in [0.25, 0.3) is 0 Å². The molecular formula is C26H22O3. The quantitative estimate of drug-likeness (QED) is 0.411. The van der Waals surface area contributed by atoms with Gasteiger partial charge in [-0.05, 0) is 35.4 Å². The first-order valence-corrected chi connectivity index (χ1v) is 9.55. The van der Waals surface area contributed by atoms with Crippen molar-refractivity contribution in [2.24, 2.45) is 0 Å². The van der Waals surface area contributed by atoms with Crippen molar-refractivity contribution in [3.63, 3.8) is 0 Å². The molecule has 0 bridgehead atoms. The third-order valence-corrected chi connectivity index (χ3v) is 5.29. The molecule has 3 N–H and O–H groups in total. The largest absolute Gasteiger partial charge is 0.508 e. The molecule has 0 saturated heterocycles. The van der Waals surface area contributed by atoms with Crippen LogP contribution in [0.5, 0.6) is 17.2 Å². The minimum atomic E-state index is -0.271. The van der Waals surface area contributed by atoms with E-state index in [-0.39, 0.29) is 29.1 Å². The monoisotopic (exact) mass is 382 g/mol. The van der Waals surface area contributed by atoms with E-state index in [1.54, 1.807) is 36.4 Å². The van der Waals surface area contributed by atoms with Crippen LogP contribution in [0.25, 0.3) is 0 Å². The number of para-hydroxylation sites is 2. The third-order valence-electron chi connectivity index (χ3n) is 5.29. The number of rotatable bonds is 5. The van der Waals surface area contributed by atoms with Gasteiger partial charge in [-0.15, -0.1) is 0 Å². The summed E-state index contributed by atoms with van der Waals surface area (Å²) in [6, 6.07) is 31.6. The highest BCUT2D eigenvalue weighted by molar-refractivity contribution is 5.52. The maximum Gasteiger partial charge on any atom is 0.119 e. The zero-order chi connectivity index (χ0) is 20.2. The van der Waals surface area contributed by atoms with E-state index in [0.717, 1.165) is 22.3 Å². The molecule has 4 aromatic carbocycles. The summed E-state index contributed by atoms with van der Waals surface area (Å²) < 4.78 is 0. The van der Waals surface area contributed by atoms with Crippen LogP contribution in [0.2, 0.25) is 0 Å². The van der Waals surface area contributed by atoms with Crippen molar-refractivity contribution in [1.82, 2.24) is 0 Å². The van der Waals surface area contributed by atoms with Gasteiger partial charge in [0.05, 0.1) is 0 Å². The molecule has 0 aliphatic rings. The lowest BCUT2D eigenvalue weighted by Gasteiger charge is -2.30. The summed E-state index contributed by atoms with van der Waals surface area (Å²) >= 11 is 0. The van der Waals surface area contributed by atoms with E-state index in [1.165, 1.54) is 0 Å². The van der Waals surface area contributed by atoms with E-state index >= 15 is 0 Å². The molecule has 0 radical (unpaired) electrons. The average Bonchev–Trinajstić information content (AvgIpc) is 2.75. The SMILES string of the molecule is Oc1ccc(C(c2ccccc2O)C(c2ccccc2)c2ccccc2O)cc1. The van der Waals surface area contributed by atoms with Crippen LogP contribution < -0.4 is 0 Å². The first-order valence-electron chi connectivity index (χ1n) is 9.55. The standard InChI is InChI=1S/C26H22O3/c27-20-16-14-19(15-17-20)26(22-11-5-7-13-24(22)29)25(18-8-2-1-3-9-18)21-10-4-6-12-23(21)28/h1-17,25-29H. The summed E-state index contributed by atoms with van der Waals surface area (Å²) in [6.07, 6.45) is 0. The normalized spacial score (nSPS) is 13.0. The van der Waals surface area contributed by atoms with Crippen LogP contribution in [0.4, 0.5) is 0 Å². The Morgan fingerprint density at radius 3 is 1.31 bits per heavy atom. The summed E-state index contributed by atoms with van der Waals surface area (Å²) in [5.41, 5.74) is 3.49. The van der Waals surface area contributed by atoms with Gasteiger partial charge in [-0.2, -0.15) is 0 Å². The minimum Gasteiger partial charge on any atom is -0.508 e. The van der Waals surface area contributed by atoms with Crippen molar-refractivity contribution in [3.05, 3.63) is 125 Å². The number of phenolic OH excluding ortho intramolecular Hbond substituents is 3. The third kappa shape index (κ3) is 3.81. The maximum atomic E-state index is 10.7. The molecule has 3 nitrogen and oxygen atoms in total. The summed E-state index contributed by atoms with van der Waals surface area (Å²) in [5, 5.41) is 31.2. The topological polar surface area (TPSA) is 60.7 Å². The van der Waals surface area contributed by atoms with E-state index in [1.807, 2.05) is 66.7 Å². The van der Waals surface area contributed by atoms with Crippen molar-refractivity contribution in [3.8, 4) is 17.2 Å². The fourth-order valence-electron chi connectivity index (χ4n) is 3.95. The number of aromatic hydroxyl groups is 3. The van der Waals surface area contributed by atoms with Gasteiger partial charge in [-0.1, -0.05) is 78.9 Å². The van der Waals surface area contributed by atoms with Crippen LogP contribution in [-0.2, 0) is 0 Å². The highest BCUT2D eigenvalue weighted by Gasteiger charge is 2.31. The molecule has 0 heterocycles. The Morgan fingerprint density at radius 2 is 0.828 bits per heavy atom. The Bertz CT molecular complexity index is 1090. The number of hydrogen-bond acceptors (Lipinski definition) is 3. The Hall–Kier alpha value is -3.72. The van der Waals surface area contributed by atoms with Crippen molar-refractivity contribution in [2.45, 2.75) is 11.8 Å². The highest BCUT2D eigenvalue weighted by Crippen LogP contribution is 2.47. The zero-order valence-electron chi connectivity index (χ0n) is 15.8. The first-order chi connectivity index (χ1) is 14.1. The summed E-state index contributed by atoms with van der Waals surface area (Å²) in [5.74, 6) is 0.0776. The lowest BCUT2D eigenvalue weighted by atomic mass is 9.73. The van der Waals surface area contributed by atoms with Crippen molar-refractivity contribution in [1.29, 1.82) is 0 Å². The minimum absolute atomic E-state index is 0.184. The highest BCUT2D eigenvalue weighted by atomic mass is 16.3. The van der Waals surface area contributed by atoms with Gasteiger partial charge in [-0.25, -0.2) is 0 Å². The van der Waals surface area contributed by atoms with E-state index < -0.39 is 0 Å². The molecule has 4 aromatic rings. The van der Waals surface area contributed by atoms with E-state index in [9.17, 15) is 15.3 Å². The predicted octanol–water partition coefficient (Wildman–Crippen LogP) is 5.77.